The maximum absolute atomic E-state index is 11.7. The monoisotopic (exact) mass is 404 g/mol. The molecule has 28 heavy (non-hydrogen) atoms. The molecule has 1 unspecified atom stereocenters. The molecular weight excluding hydrogens is 376 g/mol. The molecule has 6 atom stereocenters. The SMILES string of the molecule is CC(=O)OC[C@H]1O[C@@H]2OC(C)(OCC(C)C)O[C@@H]2[C@@H](OC(C)=O)[C@@H]1OC(C)=O. The summed E-state index contributed by atoms with van der Waals surface area (Å²) in [4.78, 5) is 34.5. The number of carbonyl (C=O) groups excluding carboxylic acids is 3. The van der Waals surface area contributed by atoms with Gasteiger partial charge in [0, 0.05) is 27.7 Å². The minimum atomic E-state index is -1.44. The Morgan fingerprint density at radius 1 is 0.964 bits per heavy atom. The quantitative estimate of drug-likeness (QED) is 0.447. The van der Waals surface area contributed by atoms with Crippen LogP contribution in [0.3, 0.4) is 0 Å². The van der Waals surface area contributed by atoms with E-state index < -0.39 is 54.6 Å². The van der Waals surface area contributed by atoms with Crippen molar-refractivity contribution in [3.63, 3.8) is 0 Å². The van der Waals surface area contributed by atoms with E-state index in [9.17, 15) is 14.4 Å². The van der Waals surface area contributed by atoms with Crippen molar-refractivity contribution in [1.29, 1.82) is 0 Å². The molecule has 10 heteroatoms. The summed E-state index contributed by atoms with van der Waals surface area (Å²) in [6, 6.07) is 0. The zero-order valence-electron chi connectivity index (χ0n) is 17.0. The molecule has 0 aromatic rings. The maximum Gasteiger partial charge on any atom is 0.303 e. The molecule has 0 aliphatic carbocycles. The van der Waals surface area contributed by atoms with E-state index in [0.717, 1.165) is 0 Å². The molecule has 0 amide bonds. The molecular formula is C18H28O10. The molecule has 160 valence electrons. The fourth-order valence-electron chi connectivity index (χ4n) is 2.96. The van der Waals surface area contributed by atoms with E-state index in [1.165, 1.54) is 20.8 Å². The molecule has 0 bridgehead atoms. The van der Waals surface area contributed by atoms with Crippen LogP contribution in [0.5, 0.6) is 0 Å². The van der Waals surface area contributed by atoms with Crippen molar-refractivity contribution in [3.8, 4) is 0 Å². The highest BCUT2D eigenvalue weighted by Gasteiger charge is 2.59. The van der Waals surface area contributed by atoms with Crippen LogP contribution in [0, 0.1) is 5.92 Å². The molecule has 2 saturated heterocycles. The van der Waals surface area contributed by atoms with Gasteiger partial charge in [-0.15, -0.1) is 0 Å². The molecule has 2 heterocycles. The molecule has 2 aliphatic rings. The lowest BCUT2D eigenvalue weighted by Gasteiger charge is -2.40. The third kappa shape index (κ3) is 5.87. The van der Waals surface area contributed by atoms with Gasteiger partial charge < -0.3 is 28.4 Å². The second-order valence-corrected chi connectivity index (χ2v) is 7.26. The van der Waals surface area contributed by atoms with Gasteiger partial charge in [0.2, 0.25) is 0 Å². The average Bonchev–Trinajstić information content (AvgIpc) is 2.89. The fourth-order valence-corrected chi connectivity index (χ4v) is 2.96. The van der Waals surface area contributed by atoms with Crippen LogP contribution < -0.4 is 0 Å². The molecule has 0 aromatic heterocycles. The number of carbonyl (C=O) groups is 3. The molecule has 2 aliphatic heterocycles. The third-order valence-corrected chi connectivity index (χ3v) is 4.01. The Morgan fingerprint density at radius 2 is 1.57 bits per heavy atom. The summed E-state index contributed by atoms with van der Waals surface area (Å²) in [7, 11) is 0. The smallest absolute Gasteiger partial charge is 0.303 e. The standard InChI is InChI=1S/C18H28O10/c1-9(2)7-23-18(6)27-16-15(25-12(5)21)14(24-11(4)20)13(8-22-10(3)19)26-17(16)28-18/h9,13-17H,7-8H2,1-6H3/t13-,14-,15+,16-,17-,18?/m1/s1. The van der Waals surface area contributed by atoms with Gasteiger partial charge in [-0.2, -0.15) is 0 Å². The van der Waals surface area contributed by atoms with E-state index in [1.54, 1.807) is 6.92 Å². The van der Waals surface area contributed by atoms with Crippen LogP contribution in [0.1, 0.15) is 41.5 Å². The Kier molecular flexibility index (Phi) is 7.38. The van der Waals surface area contributed by atoms with E-state index in [4.69, 9.17) is 33.2 Å². The van der Waals surface area contributed by atoms with E-state index in [0.29, 0.717) is 6.61 Å². The summed E-state index contributed by atoms with van der Waals surface area (Å²) in [5.41, 5.74) is 0. The first-order chi connectivity index (χ1) is 13.0. The fraction of sp³-hybridized carbons (Fsp3) is 0.833. The molecule has 0 aromatic carbocycles. The number of rotatable bonds is 7. The minimum Gasteiger partial charge on any atom is -0.463 e. The minimum absolute atomic E-state index is 0.221. The van der Waals surface area contributed by atoms with Crippen LogP contribution >= 0.6 is 0 Å². The Hall–Kier alpha value is -1.75. The summed E-state index contributed by atoms with van der Waals surface area (Å²) in [6.07, 6.45) is -4.90. The van der Waals surface area contributed by atoms with Gasteiger partial charge in [0.15, 0.2) is 24.6 Å². The molecule has 0 N–H and O–H groups in total. The van der Waals surface area contributed by atoms with Crippen LogP contribution in [0.25, 0.3) is 0 Å². The lowest BCUT2D eigenvalue weighted by molar-refractivity contribution is -0.346. The van der Waals surface area contributed by atoms with Gasteiger partial charge >= 0.3 is 17.9 Å². The van der Waals surface area contributed by atoms with E-state index in [2.05, 4.69) is 0 Å². The zero-order chi connectivity index (χ0) is 21.1. The molecule has 0 spiro atoms. The van der Waals surface area contributed by atoms with Crippen molar-refractivity contribution >= 4 is 17.9 Å². The summed E-state index contributed by atoms with van der Waals surface area (Å²) >= 11 is 0. The lowest BCUT2D eigenvalue weighted by atomic mass is 9.98. The number of hydrogen-bond acceptors (Lipinski definition) is 10. The van der Waals surface area contributed by atoms with Crippen LogP contribution in [-0.4, -0.2) is 67.8 Å². The Labute approximate surface area is 163 Å². The Balaban J connectivity index is 2.26. The van der Waals surface area contributed by atoms with Crippen molar-refractivity contribution < 1.29 is 47.5 Å². The average molecular weight is 404 g/mol. The molecule has 0 saturated carbocycles. The first-order valence-corrected chi connectivity index (χ1v) is 9.13. The van der Waals surface area contributed by atoms with Gasteiger partial charge in [-0.05, 0) is 5.92 Å². The van der Waals surface area contributed by atoms with E-state index >= 15 is 0 Å². The summed E-state index contributed by atoms with van der Waals surface area (Å²) < 4.78 is 38.8. The lowest BCUT2D eigenvalue weighted by Crippen LogP contribution is -2.60. The van der Waals surface area contributed by atoms with Gasteiger partial charge in [0.25, 0.3) is 5.97 Å². The van der Waals surface area contributed by atoms with Gasteiger partial charge in [0.05, 0.1) is 6.61 Å². The van der Waals surface area contributed by atoms with Crippen LogP contribution in [-0.2, 0) is 47.5 Å². The van der Waals surface area contributed by atoms with E-state index in [-0.39, 0.29) is 12.5 Å². The van der Waals surface area contributed by atoms with Gasteiger partial charge in [-0.25, -0.2) is 0 Å². The van der Waals surface area contributed by atoms with Crippen LogP contribution in [0.15, 0.2) is 0 Å². The zero-order valence-corrected chi connectivity index (χ0v) is 17.0. The molecule has 2 rings (SSSR count). The van der Waals surface area contributed by atoms with Gasteiger partial charge in [-0.1, -0.05) is 13.8 Å². The van der Waals surface area contributed by atoms with Crippen molar-refractivity contribution in [2.24, 2.45) is 5.92 Å². The van der Waals surface area contributed by atoms with Crippen molar-refractivity contribution in [2.75, 3.05) is 13.2 Å². The molecule has 0 radical (unpaired) electrons. The third-order valence-electron chi connectivity index (χ3n) is 4.01. The maximum atomic E-state index is 11.7. The second-order valence-electron chi connectivity index (χ2n) is 7.26. The highest BCUT2D eigenvalue weighted by molar-refractivity contribution is 5.67. The highest BCUT2D eigenvalue weighted by Crippen LogP contribution is 2.39. The van der Waals surface area contributed by atoms with Crippen LogP contribution in [0.4, 0.5) is 0 Å². The summed E-state index contributed by atoms with van der Waals surface area (Å²) in [6.45, 7) is 9.32. The van der Waals surface area contributed by atoms with E-state index in [1.807, 2.05) is 13.8 Å². The van der Waals surface area contributed by atoms with Crippen molar-refractivity contribution in [3.05, 3.63) is 0 Å². The number of hydrogen-bond donors (Lipinski definition) is 0. The van der Waals surface area contributed by atoms with Gasteiger partial charge in [-0.3, -0.25) is 19.1 Å². The molecule has 2 fully saturated rings. The summed E-state index contributed by atoms with van der Waals surface area (Å²) in [5, 5.41) is 0. The number of fused-ring (bicyclic) bond motifs is 1. The van der Waals surface area contributed by atoms with Gasteiger partial charge in [0.1, 0.15) is 12.7 Å². The van der Waals surface area contributed by atoms with Crippen molar-refractivity contribution in [2.45, 2.75) is 78.2 Å². The Bertz CT molecular complexity index is 591. The first-order valence-electron chi connectivity index (χ1n) is 9.13. The van der Waals surface area contributed by atoms with Crippen LogP contribution in [0.2, 0.25) is 0 Å². The molecule has 10 nitrogen and oxygen atoms in total. The predicted molar refractivity (Wildman–Crippen MR) is 91.6 cm³/mol. The first kappa shape index (κ1) is 22.5. The highest BCUT2D eigenvalue weighted by atomic mass is 16.9. The topological polar surface area (TPSA) is 116 Å². The second kappa shape index (κ2) is 9.17. The Morgan fingerprint density at radius 3 is 2.11 bits per heavy atom. The van der Waals surface area contributed by atoms with Crippen molar-refractivity contribution in [1.82, 2.24) is 0 Å². The number of ether oxygens (including phenoxy) is 7. The largest absolute Gasteiger partial charge is 0.463 e. The predicted octanol–water partition coefficient (Wildman–Crippen LogP) is 0.899. The summed E-state index contributed by atoms with van der Waals surface area (Å²) in [5.74, 6) is -2.97. The number of esters is 3. The normalized spacial score (nSPS) is 34.6.